The van der Waals surface area contributed by atoms with Crippen molar-refractivity contribution in [2.24, 2.45) is 0 Å². The van der Waals surface area contributed by atoms with Crippen LogP contribution < -0.4 is 10.6 Å². The number of hydrogen-bond donors (Lipinski definition) is 3. The van der Waals surface area contributed by atoms with Gasteiger partial charge < -0.3 is 20.3 Å². The van der Waals surface area contributed by atoms with E-state index in [0.717, 1.165) is 0 Å². The van der Waals surface area contributed by atoms with Crippen LogP contribution in [0.25, 0.3) is 0 Å². The maximum atomic E-state index is 12.5. The van der Waals surface area contributed by atoms with Gasteiger partial charge in [-0.3, -0.25) is 9.59 Å². The van der Waals surface area contributed by atoms with Gasteiger partial charge in [0.15, 0.2) is 11.0 Å². The van der Waals surface area contributed by atoms with E-state index in [1.807, 2.05) is 6.07 Å². The summed E-state index contributed by atoms with van der Waals surface area (Å²) in [7, 11) is 0. The van der Waals surface area contributed by atoms with E-state index in [-0.39, 0.29) is 29.7 Å². The van der Waals surface area contributed by atoms with E-state index in [9.17, 15) is 14.4 Å². The molecule has 0 aliphatic carbocycles. The topological polar surface area (TPSA) is 126 Å². The lowest BCUT2D eigenvalue weighted by atomic mass is 10.2. The van der Waals surface area contributed by atoms with E-state index in [4.69, 9.17) is 5.11 Å². The van der Waals surface area contributed by atoms with Gasteiger partial charge in [0.25, 0.3) is 5.91 Å². The van der Waals surface area contributed by atoms with Crippen molar-refractivity contribution in [2.45, 2.75) is 18.2 Å². The SMILES string of the molecule is C=CCn1c(CNC(=O)c2ccccc2Br)nnc1SCC(=O)Nc1cccc(C(=O)O)c1. The Morgan fingerprint density at radius 1 is 1.15 bits per heavy atom. The van der Waals surface area contributed by atoms with Crippen LogP contribution in [-0.4, -0.2) is 43.4 Å². The van der Waals surface area contributed by atoms with Crippen molar-refractivity contribution >= 4 is 51.2 Å². The Balaban J connectivity index is 1.62. The zero-order valence-electron chi connectivity index (χ0n) is 17.3. The van der Waals surface area contributed by atoms with Gasteiger partial charge in [0.05, 0.1) is 23.4 Å². The normalized spacial score (nSPS) is 10.5. The number of halogens is 1. The van der Waals surface area contributed by atoms with E-state index in [1.165, 1.54) is 23.9 Å². The van der Waals surface area contributed by atoms with Crippen LogP contribution in [0.3, 0.4) is 0 Å². The Bertz CT molecular complexity index is 1200. The number of allylic oxidation sites excluding steroid dienone is 1. The molecule has 170 valence electrons. The monoisotopic (exact) mass is 529 g/mol. The average molecular weight is 530 g/mol. The van der Waals surface area contributed by atoms with Gasteiger partial charge in [0, 0.05) is 16.7 Å². The van der Waals surface area contributed by atoms with Gasteiger partial charge in [-0.2, -0.15) is 0 Å². The lowest BCUT2D eigenvalue weighted by Crippen LogP contribution is -2.25. The Morgan fingerprint density at radius 2 is 1.94 bits per heavy atom. The molecule has 3 N–H and O–H groups in total. The largest absolute Gasteiger partial charge is 0.478 e. The number of carbonyl (C=O) groups is 3. The molecule has 0 unspecified atom stereocenters. The summed E-state index contributed by atoms with van der Waals surface area (Å²) < 4.78 is 2.45. The van der Waals surface area contributed by atoms with Crippen LogP contribution in [0.4, 0.5) is 5.69 Å². The number of nitrogens with zero attached hydrogens (tertiary/aromatic N) is 3. The number of hydrogen-bond acceptors (Lipinski definition) is 6. The molecule has 3 aromatic rings. The summed E-state index contributed by atoms with van der Waals surface area (Å²) in [5, 5.41) is 23.3. The molecule has 0 bridgehead atoms. The van der Waals surface area contributed by atoms with Crippen molar-refractivity contribution in [1.29, 1.82) is 0 Å². The molecule has 0 radical (unpaired) electrons. The molecular formula is C22H20BrN5O4S. The van der Waals surface area contributed by atoms with Gasteiger partial charge in [-0.15, -0.1) is 16.8 Å². The molecule has 0 saturated heterocycles. The molecule has 0 saturated carbocycles. The Labute approximate surface area is 202 Å². The van der Waals surface area contributed by atoms with Crippen LogP contribution in [0.2, 0.25) is 0 Å². The third-order valence-electron chi connectivity index (χ3n) is 4.36. The number of carbonyl (C=O) groups excluding carboxylic acids is 2. The Kier molecular flexibility index (Phi) is 8.39. The molecule has 9 nitrogen and oxygen atoms in total. The third-order valence-corrected chi connectivity index (χ3v) is 6.01. The second-order valence-electron chi connectivity index (χ2n) is 6.68. The standard InChI is InChI=1S/C22H20BrN5O4S/c1-2-10-28-18(12-24-20(30)16-8-3-4-9-17(16)23)26-27-22(28)33-13-19(29)25-15-7-5-6-14(11-15)21(31)32/h2-9,11H,1,10,12-13H2,(H,24,30)(H,25,29)(H,31,32). The molecule has 33 heavy (non-hydrogen) atoms. The first-order chi connectivity index (χ1) is 15.9. The number of carboxylic acids is 1. The molecule has 1 heterocycles. The quantitative estimate of drug-likeness (QED) is 0.270. The van der Waals surface area contributed by atoms with Gasteiger partial charge in [0.1, 0.15) is 0 Å². The van der Waals surface area contributed by atoms with E-state index in [2.05, 4.69) is 43.3 Å². The van der Waals surface area contributed by atoms with Crippen molar-refractivity contribution in [1.82, 2.24) is 20.1 Å². The van der Waals surface area contributed by atoms with Gasteiger partial charge >= 0.3 is 5.97 Å². The number of anilines is 1. The summed E-state index contributed by atoms with van der Waals surface area (Å²) in [4.78, 5) is 35.9. The number of aromatic nitrogens is 3. The number of amides is 2. The number of benzene rings is 2. The minimum Gasteiger partial charge on any atom is -0.478 e. The second-order valence-corrected chi connectivity index (χ2v) is 8.48. The average Bonchev–Trinajstić information content (AvgIpc) is 3.18. The van der Waals surface area contributed by atoms with E-state index >= 15 is 0 Å². The summed E-state index contributed by atoms with van der Waals surface area (Å²) in [6, 6.07) is 13.1. The molecule has 2 aromatic carbocycles. The zero-order chi connectivity index (χ0) is 23.8. The van der Waals surface area contributed by atoms with E-state index < -0.39 is 5.97 Å². The predicted molar refractivity (Wildman–Crippen MR) is 128 cm³/mol. The molecule has 2 amide bonds. The molecule has 3 rings (SSSR count). The van der Waals surface area contributed by atoms with Crippen LogP contribution in [0.1, 0.15) is 26.5 Å². The van der Waals surface area contributed by atoms with Crippen molar-refractivity contribution in [2.75, 3.05) is 11.1 Å². The molecule has 11 heteroatoms. The van der Waals surface area contributed by atoms with Crippen LogP contribution in [0.15, 0.2) is 70.8 Å². The second kappa shape index (κ2) is 11.4. The van der Waals surface area contributed by atoms with Gasteiger partial charge in [-0.25, -0.2) is 4.79 Å². The summed E-state index contributed by atoms with van der Waals surface area (Å²) in [6.07, 6.45) is 1.67. The van der Waals surface area contributed by atoms with E-state index in [1.54, 1.807) is 41.0 Å². The first-order valence-corrected chi connectivity index (χ1v) is 11.5. The fourth-order valence-corrected chi connectivity index (χ4v) is 4.06. The van der Waals surface area contributed by atoms with Gasteiger partial charge in [-0.1, -0.05) is 36.0 Å². The lowest BCUT2D eigenvalue weighted by molar-refractivity contribution is -0.113. The molecule has 0 aliphatic heterocycles. The molecule has 1 aromatic heterocycles. The molecule has 0 atom stereocenters. The summed E-state index contributed by atoms with van der Waals surface area (Å²) >= 11 is 4.53. The van der Waals surface area contributed by atoms with Crippen LogP contribution >= 0.6 is 27.7 Å². The lowest BCUT2D eigenvalue weighted by Gasteiger charge is -2.10. The number of nitrogens with one attached hydrogen (secondary N) is 2. The zero-order valence-corrected chi connectivity index (χ0v) is 19.7. The van der Waals surface area contributed by atoms with Crippen molar-refractivity contribution in [3.8, 4) is 0 Å². The number of thioether (sulfide) groups is 1. The Morgan fingerprint density at radius 3 is 2.67 bits per heavy atom. The highest BCUT2D eigenvalue weighted by Gasteiger charge is 2.16. The molecule has 0 fully saturated rings. The first kappa shape index (κ1) is 24.2. The number of carboxylic acid groups (broad SMARTS) is 1. The van der Waals surface area contributed by atoms with Crippen LogP contribution in [0, 0.1) is 0 Å². The fourth-order valence-electron chi connectivity index (χ4n) is 2.83. The molecular weight excluding hydrogens is 510 g/mol. The summed E-state index contributed by atoms with van der Waals surface area (Å²) in [5.74, 6) is -1.09. The van der Waals surface area contributed by atoms with Gasteiger partial charge in [-0.05, 0) is 46.3 Å². The maximum Gasteiger partial charge on any atom is 0.335 e. The number of rotatable bonds is 10. The Hall–Kier alpha value is -3.44. The molecule has 0 spiro atoms. The fraction of sp³-hybridized carbons (Fsp3) is 0.136. The van der Waals surface area contributed by atoms with Gasteiger partial charge in [0.2, 0.25) is 5.91 Å². The predicted octanol–water partition coefficient (Wildman–Crippen LogP) is 3.59. The van der Waals surface area contributed by atoms with E-state index in [0.29, 0.717) is 33.2 Å². The highest BCUT2D eigenvalue weighted by atomic mass is 79.9. The van der Waals surface area contributed by atoms with Crippen LogP contribution in [-0.2, 0) is 17.9 Å². The first-order valence-electron chi connectivity index (χ1n) is 9.70. The summed E-state index contributed by atoms with van der Waals surface area (Å²) in [6.45, 7) is 4.29. The summed E-state index contributed by atoms with van der Waals surface area (Å²) in [5.41, 5.74) is 0.981. The number of aromatic carboxylic acids is 1. The smallest absolute Gasteiger partial charge is 0.335 e. The van der Waals surface area contributed by atoms with Crippen molar-refractivity contribution in [3.63, 3.8) is 0 Å². The highest BCUT2D eigenvalue weighted by Crippen LogP contribution is 2.19. The highest BCUT2D eigenvalue weighted by molar-refractivity contribution is 9.10. The van der Waals surface area contributed by atoms with Crippen LogP contribution in [0.5, 0.6) is 0 Å². The molecule has 0 aliphatic rings. The van der Waals surface area contributed by atoms with Crippen molar-refractivity contribution in [3.05, 3.63) is 82.6 Å². The third kappa shape index (κ3) is 6.53. The minimum atomic E-state index is -1.07. The van der Waals surface area contributed by atoms with Crippen molar-refractivity contribution < 1.29 is 19.5 Å². The minimum absolute atomic E-state index is 0.0376. The maximum absolute atomic E-state index is 12.5.